The van der Waals surface area contributed by atoms with Crippen molar-refractivity contribution < 1.29 is 4.39 Å². The smallest absolute Gasteiger partial charge is 0.256 e. The highest BCUT2D eigenvalue weighted by Gasteiger charge is 2.05. The number of halogens is 1. The first-order chi connectivity index (χ1) is 9.15. The van der Waals surface area contributed by atoms with Crippen LogP contribution >= 0.6 is 0 Å². The summed E-state index contributed by atoms with van der Waals surface area (Å²) in [6.07, 6.45) is 0.986. The van der Waals surface area contributed by atoms with Crippen molar-refractivity contribution in [2.75, 3.05) is 5.43 Å². The minimum atomic E-state index is -0.542. The maximum atomic E-state index is 13.4. The summed E-state index contributed by atoms with van der Waals surface area (Å²) in [6.45, 7) is 0. The normalized spacial score (nSPS) is 9.42. The lowest BCUT2D eigenvalue weighted by Gasteiger charge is -2.02. The number of nitrogens with zero attached hydrogens (tertiary/aromatic N) is 3. The van der Waals surface area contributed by atoms with Crippen LogP contribution in [0.15, 0.2) is 34.3 Å². The van der Waals surface area contributed by atoms with E-state index in [1.807, 2.05) is 0 Å². The first kappa shape index (κ1) is 12.3. The fraction of sp³-hybridized carbons (Fsp3) is 0. The van der Waals surface area contributed by atoms with E-state index in [0.29, 0.717) is 5.69 Å². The number of hydrazone groups is 1. The van der Waals surface area contributed by atoms with Crippen LogP contribution in [0.4, 0.5) is 10.1 Å². The Hall–Kier alpha value is -3.19. The number of H-pyrrole nitrogens is 1. The molecule has 1 heterocycles. The van der Waals surface area contributed by atoms with Crippen LogP contribution in [0.1, 0.15) is 0 Å². The highest BCUT2D eigenvalue weighted by Crippen LogP contribution is 2.18. The minimum Gasteiger partial charge on any atom is -0.326 e. The Morgan fingerprint density at radius 2 is 2.05 bits per heavy atom. The number of nitrogens with one attached hydrogen (secondary N) is 2. The fourth-order valence-electron chi connectivity index (χ4n) is 1.49. The molecule has 0 fully saturated rings. The first-order valence-electron chi connectivity index (χ1n) is 5.10. The molecule has 6 nitrogen and oxygen atoms in total. The zero-order valence-corrected chi connectivity index (χ0v) is 9.44. The molecule has 0 saturated carbocycles. The zero-order chi connectivity index (χ0) is 13.8. The van der Waals surface area contributed by atoms with Gasteiger partial charge in [0.2, 0.25) is 5.71 Å². The van der Waals surface area contributed by atoms with Crippen LogP contribution in [0.25, 0.3) is 10.8 Å². The molecule has 0 spiro atoms. The molecule has 2 rings (SSSR count). The number of benzene rings is 1. The van der Waals surface area contributed by atoms with E-state index in [-0.39, 0.29) is 16.5 Å². The molecule has 0 unspecified atom stereocenters. The van der Waals surface area contributed by atoms with Crippen molar-refractivity contribution in [2.45, 2.75) is 0 Å². The van der Waals surface area contributed by atoms with Crippen molar-refractivity contribution in [3.8, 4) is 12.1 Å². The van der Waals surface area contributed by atoms with E-state index < -0.39 is 11.4 Å². The van der Waals surface area contributed by atoms with Crippen LogP contribution in [0, 0.1) is 28.5 Å². The van der Waals surface area contributed by atoms with Gasteiger partial charge < -0.3 is 4.98 Å². The average Bonchev–Trinajstić information content (AvgIpc) is 2.44. The molecule has 7 heteroatoms. The summed E-state index contributed by atoms with van der Waals surface area (Å²) in [5, 5.41) is 20.9. The van der Waals surface area contributed by atoms with E-state index in [9.17, 15) is 9.18 Å². The standard InChI is InChI=1S/C12H6FN5O/c13-11-6-16-12(19)10-3-7(1-2-9(10)11)17-18-8(4-14)5-15/h1-3,6,17H,(H,16,19). The van der Waals surface area contributed by atoms with Crippen molar-refractivity contribution >= 4 is 22.2 Å². The van der Waals surface area contributed by atoms with Crippen molar-refractivity contribution in [3.05, 3.63) is 40.6 Å². The Kier molecular flexibility index (Phi) is 3.22. The second-order valence-electron chi connectivity index (χ2n) is 3.52. The molecule has 1 aromatic heterocycles. The molecule has 0 saturated heterocycles. The Morgan fingerprint density at radius 1 is 1.32 bits per heavy atom. The minimum absolute atomic E-state index is 0.149. The van der Waals surface area contributed by atoms with Crippen molar-refractivity contribution in [2.24, 2.45) is 5.10 Å². The van der Waals surface area contributed by atoms with E-state index in [1.165, 1.54) is 18.2 Å². The molecule has 2 aromatic rings. The van der Waals surface area contributed by atoms with Gasteiger partial charge in [0, 0.05) is 11.6 Å². The SMILES string of the molecule is N#CC(C#N)=NNc1ccc2c(F)c[nH]c(=O)c2c1. The Labute approximate surface area is 106 Å². The molecule has 0 aliphatic heterocycles. The highest BCUT2D eigenvalue weighted by molar-refractivity contribution is 6.10. The Balaban J connectivity index is 2.47. The third kappa shape index (κ3) is 2.40. The number of anilines is 1. The summed E-state index contributed by atoms with van der Waals surface area (Å²) >= 11 is 0. The lowest BCUT2D eigenvalue weighted by atomic mass is 10.1. The van der Waals surface area contributed by atoms with Crippen molar-refractivity contribution in [1.29, 1.82) is 10.5 Å². The summed E-state index contributed by atoms with van der Waals surface area (Å²) in [4.78, 5) is 13.8. The summed E-state index contributed by atoms with van der Waals surface area (Å²) < 4.78 is 13.4. The van der Waals surface area contributed by atoms with E-state index in [0.717, 1.165) is 6.20 Å². The van der Waals surface area contributed by atoms with Crippen LogP contribution in [0.3, 0.4) is 0 Å². The van der Waals surface area contributed by atoms with Gasteiger partial charge in [0.1, 0.15) is 18.0 Å². The summed E-state index contributed by atoms with van der Waals surface area (Å²) in [5.41, 5.74) is 2.03. The molecule has 0 atom stereocenters. The average molecular weight is 255 g/mol. The predicted molar refractivity (Wildman–Crippen MR) is 66.8 cm³/mol. The monoisotopic (exact) mass is 255 g/mol. The second-order valence-corrected chi connectivity index (χ2v) is 3.52. The molecule has 0 aliphatic rings. The number of fused-ring (bicyclic) bond motifs is 1. The van der Waals surface area contributed by atoms with Gasteiger partial charge in [-0.2, -0.15) is 15.6 Å². The van der Waals surface area contributed by atoms with Gasteiger partial charge in [-0.25, -0.2) is 4.39 Å². The predicted octanol–water partition coefficient (Wildman–Crippen LogP) is 1.48. The van der Waals surface area contributed by atoms with E-state index in [2.05, 4.69) is 15.5 Å². The Bertz CT molecular complexity index is 793. The van der Waals surface area contributed by atoms with Crippen molar-refractivity contribution in [1.82, 2.24) is 4.98 Å². The van der Waals surface area contributed by atoms with Gasteiger partial charge in [-0.1, -0.05) is 0 Å². The van der Waals surface area contributed by atoms with Gasteiger partial charge in [0.15, 0.2) is 0 Å². The van der Waals surface area contributed by atoms with Gasteiger partial charge in [0.25, 0.3) is 5.56 Å². The largest absolute Gasteiger partial charge is 0.326 e. The number of rotatable bonds is 2. The molecule has 0 radical (unpaired) electrons. The van der Waals surface area contributed by atoms with Gasteiger partial charge in [0.05, 0.1) is 11.1 Å². The summed E-state index contributed by atoms with van der Waals surface area (Å²) in [7, 11) is 0. The van der Waals surface area contributed by atoms with Gasteiger partial charge in [-0.15, -0.1) is 0 Å². The van der Waals surface area contributed by atoms with E-state index >= 15 is 0 Å². The van der Waals surface area contributed by atoms with Gasteiger partial charge in [-0.05, 0) is 18.2 Å². The third-order valence-corrected chi connectivity index (χ3v) is 2.36. The molecule has 2 N–H and O–H groups in total. The molecule has 92 valence electrons. The lowest BCUT2D eigenvalue weighted by molar-refractivity contribution is 0.633. The van der Waals surface area contributed by atoms with Crippen LogP contribution in [-0.2, 0) is 0 Å². The van der Waals surface area contributed by atoms with Crippen molar-refractivity contribution in [3.63, 3.8) is 0 Å². The van der Waals surface area contributed by atoms with E-state index in [4.69, 9.17) is 10.5 Å². The number of nitriles is 2. The number of hydrogen-bond donors (Lipinski definition) is 2. The van der Waals surface area contributed by atoms with E-state index in [1.54, 1.807) is 12.1 Å². The topological polar surface area (TPSA) is 105 Å². The second kappa shape index (κ2) is 4.98. The van der Waals surface area contributed by atoms with Gasteiger partial charge >= 0.3 is 0 Å². The quantitative estimate of drug-likeness (QED) is 0.626. The van der Waals surface area contributed by atoms with Crippen LogP contribution < -0.4 is 11.0 Å². The van der Waals surface area contributed by atoms with Gasteiger partial charge in [-0.3, -0.25) is 10.2 Å². The molecule has 19 heavy (non-hydrogen) atoms. The number of aromatic amines is 1. The first-order valence-corrected chi connectivity index (χ1v) is 5.10. The molecule has 0 aliphatic carbocycles. The van der Waals surface area contributed by atoms with Crippen LogP contribution in [0.5, 0.6) is 0 Å². The molecular weight excluding hydrogens is 249 g/mol. The maximum absolute atomic E-state index is 13.4. The summed E-state index contributed by atoms with van der Waals surface area (Å²) in [6, 6.07) is 7.44. The van der Waals surface area contributed by atoms with Crippen LogP contribution in [-0.4, -0.2) is 10.7 Å². The molecule has 0 amide bonds. The third-order valence-electron chi connectivity index (χ3n) is 2.36. The number of pyridine rings is 1. The number of aromatic nitrogens is 1. The lowest BCUT2D eigenvalue weighted by Crippen LogP contribution is -2.07. The molecule has 1 aromatic carbocycles. The summed E-state index contributed by atoms with van der Waals surface area (Å²) in [5.74, 6) is -0.542. The molecular formula is C12H6FN5O. The maximum Gasteiger partial charge on any atom is 0.256 e. The molecule has 0 bridgehead atoms. The zero-order valence-electron chi connectivity index (χ0n) is 9.44. The Morgan fingerprint density at radius 3 is 2.74 bits per heavy atom. The number of hydrogen-bond acceptors (Lipinski definition) is 5. The van der Waals surface area contributed by atoms with Crippen LogP contribution in [0.2, 0.25) is 0 Å². The highest BCUT2D eigenvalue weighted by atomic mass is 19.1. The fourth-order valence-corrected chi connectivity index (χ4v) is 1.49.